The number of nitrogens with zero attached hydrogens (tertiary/aromatic N) is 2. The molecule has 1 amide bonds. The Morgan fingerprint density at radius 1 is 1.57 bits per heavy atom. The normalized spacial score (nSPS) is 9.21. The van der Waals surface area contributed by atoms with Crippen molar-refractivity contribution in [2.24, 2.45) is 5.84 Å². The summed E-state index contributed by atoms with van der Waals surface area (Å²) in [6.07, 6.45) is 0. The van der Waals surface area contributed by atoms with Crippen molar-refractivity contribution < 1.29 is 4.79 Å². The largest absolute Gasteiger partial charge is 0.397 e. The van der Waals surface area contributed by atoms with E-state index >= 15 is 0 Å². The van der Waals surface area contributed by atoms with Crippen LogP contribution in [0.3, 0.4) is 0 Å². The first-order chi connectivity index (χ1) is 6.56. The molecular weight excluding hydrogens is 180 g/mol. The van der Waals surface area contributed by atoms with Crippen LogP contribution >= 0.6 is 0 Å². The predicted octanol–water partition coefficient (Wildman–Crippen LogP) is 0.367. The van der Waals surface area contributed by atoms with Crippen LogP contribution in [0.5, 0.6) is 0 Å². The van der Waals surface area contributed by atoms with Gasteiger partial charge >= 0.3 is 0 Å². The van der Waals surface area contributed by atoms with E-state index in [9.17, 15) is 4.79 Å². The minimum atomic E-state index is -0.341. The molecule has 0 radical (unpaired) electrons. The van der Waals surface area contributed by atoms with Crippen LogP contribution in [0.15, 0.2) is 18.2 Å². The number of hydrogen-bond acceptors (Lipinski definition) is 4. The van der Waals surface area contributed by atoms with Crippen LogP contribution < -0.4 is 16.6 Å². The Labute approximate surface area is 81.5 Å². The third-order valence-electron chi connectivity index (χ3n) is 1.76. The van der Waals surface area contributed by atoms with Crippen LogP contribution in [0, 0.1) is 11.3 Å². The number of anilines is 2. The van der Waals surface area contributed by atoms with Gasteiger partial charge in [0.1, 0.15) is 0 Å². The van der Waals surface area contributed by atoms with Gasteiger partial charge in [-0.2, -0.15) is 5.26 Å². The number of carbonyl (C=O) groups is 1. The van der Waals surface area contributed by atoms with Gasteiger partial charge in [-0.1, -0.05) is 0 Å². The lowest BCUT2D eigenvalue weighted by atomic mass is 10.2. The van der Waals surface area contributed by atoms with E-state index in [0.717, 1.165) is 5.01 Å². The van der Waals surface area contributed by atoms with Gasteiger partial charge in [0.2, 0.25) is 5.91 Å². The highest BCUT2D eigenvalue weighted by Gasteiger charge is 2.10. The molecule has 0 fully saturated rings. The summed E-state index contributed by atoms with van der Waals surface area (Å²) in [5.74, 6) is 5.12. The van der Waals surface area contributed by atoms with Gasteiger partial charge in [-0.25, -0.2) is 10.9 Å². The van der Waals surface area contributed by atoms with Gasteiger partial charge < -0.3 is 5.73 Å². The lowest BCUT2D eigenvalue weighted by molar-refractivity contribution is -0.116. The van der Waals surface area contributed by atoms with Gasteiger partial charge in [0, 0.05) is 6.92 Å². The lowest BCUT2D eigenvalue weighted by Crippen LogP contribution is -2.36. The second kappa shape index (κ2) is 3.77. The molecule has 1 aromatic rings. The third kappa shape index (κ3) is 1.81. The monoisotopic (exact) mass is 190 g/mol. The van der Waals surface area contributed by atoms with Crippen molar-refractivity contribution in [1.29, 1.82) is 5.26 Å². The van der Waals surface area contributed by atoms with Crippen LogP contribution in [0.1, 0.15) is 12.5 Å². The number of amides is 1. The molecule has 5 heteroatoms. The number of nitrogen functional groups attached to an aromatic ring is 1. The predicted molar refractivity (Wildman–Crippen MR) is 52.9 cm³/mol. The highest BCUT2D eigenvalue weighted by Crippen LogP contribution is 2.22. The summed E-state index contributed by atoms with van der Waals surface area (Å²) in [7, 11) is 0. The van der Waals surface area contributed by atoms with Gasteiger partial charge in [-0.05, 0) is 18.2 Å². The number of carbonyl (C=O) groups excluding carboxylic acids is 1. The molecule has 72 valence electrons. The molecule has 0 unspecified atom stereocenters. The van der Waals surface area contributed by atoms with Crippen molar-refractivity contribution in [1.82, 2.24) is 0 Å². The summed E-state index contributed by atoms with van der Waals surface area (Å²) < 4.78 is 0. The van der Waals surface area contributed by atoms with E-state index in [2.05, 4.69) is 0 Å². The zero-order valence-corrected chi connectivity index (χ0v) is 7.69. The smallest absolute Gasteiger partial charge is 0.238 e. The van der Waals surface area contributed by atoms with Crippen molar-refractivity contribution in [3.05, 3.63) is 23.8 Å². The summed E-state index contributed by atoms with van der Waals surface area (Å²) in [6, 6.07) is 6.51. The molecule has 0 aliphatic carbocycles. The average Bonchev–Trinajstić information content (AvgIpc) is 2.17. The fourth-order valence-corrected chi connectivity index (χ4v) is 0.991. The first-order valence-corrected chi connectivity index (χ1v) is 3.91. The number of rotatable bonds is 1. The minimum Gasteiger partial charge on any atom is -0.397 e. The Balaban J connectivity index is 3.20. The molecule has 1 aromatic carbocycles. The second-order valence-corrected chi connectivity index (χ2v) is 2.77. The summed E-state index contributed by atoms with van der Waals surface area (Å²) in [6.45, 7) is 1.32. The van der Waals surface area contributed by atoms with E-state index in [4.69, 9.17) is 16.8 Å². The molecule has 1 rings (SSSR count). The van der Waals surface area contributed by atoms with Crippen molar-refractivity contribution in [3.63, 3.8) is 0 Å². The number of benzene rings is 1. The molecule has 0 aromatic heterocycles. The molecule has 5 nitrogen and oxygen atoms in total. The van der Waals surface area contributed by atoms with E-state index in [-0.39, 0.29) is 5.91 Å². The SMILES string of the molecule is CC(=O)N(N)c1cc(C#N)ccc1N. The highest BCUT2D eigenvalue weighted by molar-refractivity contribution is 5.93. The minimum absolute atomic E-state index is 0.341. The number of nitriles is 1. The number of hydrogen-bond donors (Lipinski definition) is 2. The van der Waals surface area contributed by atoms with E-state index < -0.39 is 0 Å². The van der Waals surface area contributed by atoms with Gasteiger partial charge in [-0.3, -0.25) is 4.79 Å². The summed E-state index contributed by atoms with van der Waals surface area (Å²) in [4.78, 5) is 11.0. The molecular formula is C9H10N4O. The molecule has 0 saturated carbocycles. The maximum atomic E-state index is 11.0. The molecule has 0 atom stereocenters. The van der Waals surface area contributed by atoms with Gasteiger partial charge in [0.15, 0.2) is 0 Å². The van der Waals surface area contributed by atoms with Crippen molar-refractivity contribution in [2.75, 3.05) is 10.7 Å². The maximum Gasteiger partial charge on any atom is 0.238 e. The second-order valence-electron chi connectivity index (χ2n) is 2.77. The molecule has 0 aliphatic heterocycles. The summed E-state index contributed by atoms with van der Waals surface area (Å²) >= 11 is 0. The van der Waals surface area contributed by atoms with Crippen LogP contribution in [-0.4, -0.2) is 5.91 Å². The topological polar surface area (TPSA) is 96.1 Å². The van der Waals surface area contributed by atoms with Crippen molar-refractivity contribution in [3.8, 4) is 6.07 Å². The average molecular weight is 190 g/mol. The molecule has 0 spiro atoms. The molecule has 0 aliphatic rings. The molecule has 0 heterocycles. The highest BCUT2D eigenvalue weighted by atomic mass is 16.2. The first-order valence-electron chi connectivity index (χ1n) is 3.91. The zero-order valence-electron chi connectivity index (χ0n) is 7.69. The Bertz CT molecular complexity index is 408. The van der Waals surface area contributed by atoms with Crippen LogP contribution in [-0.2, 0) is 4.79 Å². The Morgan fingerprint density at radius 2 is 2.21 bits per heavy atom. The fourth-order valence-electron chi connectivity index (χ4n) is 0.991. The standard InChI is InChI=1S/C9H10N4O/c1-6(14)13(12)9-4-7(5-10)2-3-8(9)11/h2-4H,11-12H2,1H3. The molecule has 14 heavy (non-hydrogen) atoms. The fraction of sp³-hybridized carbons (Fsp3) is 0.111. The van der Waals surface area contributed by atoms with E-state index in [1.54, 1.807) is 6.07 Å². The summed E-state index contributed by atoms with van der Waals surface area (Å²) in [5.41, 5.74) is 6.71. The zero-order chi connectivity index (χ0) is 10.7. The van der Waals surface area contributed by atoms with E-state index in [0.29, 0.717) is 16.9 Å². The van der Waals surface area contributed by atoms with Crippen molar-refractivity contribution >= 4 is 17.3 Å². The Kier molecular flexibility index (Phi) is 2.70. The maximum absolute atomic E-state index is 11.0. The van der Waals surface area contributed by atoms with E-state index in [1.165, 1.54) is 19.1 Å². The Hall–Kier alpha value is -2.06. The number of nitrogens with two attached hydrogens (primary N) is 2. The van der Waals surface area contributed by atoms with Gasteiger partial charge in [0.25, 0.3) is 0 Å². The van der Waals surface area contributed by atoms with Gasteiger partial charge in [-0.15, -0.1) is 0 Å². The third-order valence-corrected chi connectivity index (χ3v) is 1.76. The van der Waals surface area contributed by atoms with Gasteiger partial charge in [0.05, 0.1) is 23.0 Å². The molecule has 0 saturated heterocycles. The quantitative estimate of drug-likeness (QED) is 0.289. The van der Waals surface area contributed by atoms with E-state index in [1.807, 2.05) is 6.07 Å². The Morgan fingerprint density at radius 3 is 2.71 bits per heavy atom. The van der Waals surface area contributed by atoms with Crippen molar-refractivity contribution in [2.45, 2.75) is 6.92 Å². The molecule has 4 N–H and O–H groups in total. The summed E-state index contributed by atoms with van der Waals surface area (Å²) in [5, 5.41) is 9.55. The molecule has 0 bridgehead atoms. The number of hydrazine groups is 1. The van der Waals surface area contributed by atoms with Crippen LogP contribution in [0.2, 0.25) is 0 Å². The van der Waals surface area contributed by atoms with Crippen LogP contribution in [0.25, 0.3) is 0 Å². The van der Waals surface area contributed by atoms with Crippen LogP contribution in [0.4, 0.5) is 11.4 Å². The lowest BCUT2D eigenvalue weighted by Gasteiger charge is -2.16. The first kappa shape index (κ1) is 10.0.